The lowest BCUT2D eigenvalue weighted by molar-refractivity contribution is -0.125. The number of nitrogens with zero attached hydrogens (tertiary/aromatic N) is 8. The summed E-state index contributed by atoms with van der Waals surface area (Å²) in [6.07, 6.45) is 9.50. The summed E-state index contributed by atoms with van der Waals surface area (Å²) in [7, 11) is -1.92. The molecular formula is C110H87F3N18O15S. The molecule has 12 aromatic carbocycles. The highest BCUT2D eigenvalue weighted by molar-refractivity contribution is 7.90. The van der Waals surface area contributed by atoms with E-state index in [1.54, 1.807) is 131 Å². The van der Waals surface area contributed by atoms with Crippen molar-refractivity contribution < 1.29 is 83.9 Å². The zero-order valence-electron chi connectivity index (χ0n) is 78.3. The number of hydrogen-bond donors (Lipinski definition) is 10. The summed E-state index contributed by atoms with van der Waals surface area (Å²) in [5.41, 5.74) is 11.3. The number of amides is 16. The van der Waals surface area contributed by atoms with E-state index in [0.29, 0.717) is 74.8 Å². The first kappa shape index (κ1) is 93.5. The Morgan fingerprint density at radius 2 is 0.803 bits per heavy atom. The molecule has 12 heterocycles. The maximum absolute atomic E-state index is 13.8. The molecule has 0 radical (unpaired) electrons. The highest BCUT2D eigenvalue weighted by Crippen LogP contribution is 2.42. The number of carbonyl (C=O) groups is 12. The topological polar surface area (TPSA) is 425 Å². The van der Waals surface area contributed by atoms with Crippen LogP contribution in [-0.2, 0) is 84.6 Å². The molecule has 734 valence electrons. The quantitative estimate of drug-likeness (QED) is 0.0299. The van der Waals surface area contributed by atoms with Crippen LogP contribution in [0.5, 0.6) is 5.75 Å². The van der Waals surface area contributed by atoms with Crippen LogP contribution < -0.4 is 47.3 Å². The van der Waals surface area contributed by atoms with Crippen molar-refractivity contribution in [3.05, 3.63) is 382 Å². The number of fused-ring (bicyclic) bond motifs is 7. The standard InChI is InChI=1S/C32H23FN4O5S.C26H20FN5O3.C26H19FN4O3.C26H25N5O4/c33-25-12-8-23-18-36(29(38)27(23)17-25)19-32(30(39)34-31(40)35-32)24-10-6-20(7-11-24)21-9-13-28-22(16-21)14-15-37(28)43(41,42)26-4-2-1-3-5-26;1-14-20-10-16(5-9-22(20)31-30-14)15-2-6-18(7-3-15)26(24(34)28-25(35)29-26)13-32-12-17-4-8-19(27)11-21(17)23(32)33;27-18-10-7-16-13-31(23(32)20(16)11-18)14-26(24(33)29-25(34)30-26)17-8-5-15(6-9-17)21-12-28-22-4-2-1-3-19(21)22;1-30-12-19(11-27-30)17-4-7-20(8-5-17)26(24(33)28-25(34)29-26)15-31-13-18-6-9-21(10-22(18)23(31)32)35-14-16-2-3-16/h1-17H,18-19H2,(H2,34,35,39,40);2-11H,12-13H2,1H3,(H,30,31)(H2,28,29,34,35);1-12,28H,13-14H2,(H2,29,30,33,34);4-12,16H,2-3,13-15H2,1H3,(H2,28,29,33,34)/t32-;3*26-/m0000/s1. The number of halogens is 3. The maximum Gasteiger partial charge on any atom is 0.322 e. The second-order valence-electron chi connectivity index (χ2n) is 37.6. The van der Waals surface area contributed by atoms with Gasteiger partial charge < -0.3 is 50.6 Å². The lowest BCUT2D eigenvalue weighted by Crippen LogP contribution is -2.52. The number of para-hydroxylation sites is 1. The van der Waals surface area contributed by atoms with Crippen LogP contribution in [0.25, 0.3) is 77.2 Å². The van der Waals surface area contributed by atoms with Gasteiger partial charge >= 0.3 is 24.1 Å². The third-order valence-corrected chi connectivity index (χ3v) is 30.0. The third-order valence-electron chi connectivity index (χ3n) is 28.3. The van der Waals surface area contributed by atoms with Crippen molar-refractivity contribution in [2.75, 3.05) is 32.8 Å². The number of ether oxygens (including phenoxy) is 1. The normalized spacial score (nSPS) is 19.4. The van der Waals surface area contributed by atoms with E-state index in [2.05, 4.69) is 62.8 Å². The smallest absolute Gasteiger partial charge is 0.322 e. The number of benzene rings is 12. The number of aromatic nitrogens is 6. The minimum atomic E-state index is -3.77. The van der Waals surface area contributed by atoms with Gasteiger partial charge in [0.25, 0.3) is 57.3 Å². The number of carbonyl (C=O) groups excluding carboxylic acids is 12. The SMILES string of the molecule is Cc1[nH]nc2ccc(-c3ccc([C@]4(CN5Cc6ccc(F)cc6C5=O)NC(=O)NC4=O)cc3)cc12.Cn1cc(-c2ccc([C@]3(CN4Cc5ccc(OCC6CC6)cc5C4=O)NC(=O)NC3=O)cc2)cn1.O=C1NC(=O)[C@](CN2Cc3ccc(F)cc3C2=O)(c2ccc(-c3c[nH]c4ccccc34)cc2)N1.O=C1NC(=O)[C@](CN2Cc3ccc(F)cc3C2=O)(c2ccc(-c3ccc4c(ccn4S(=O)(=O)c4ccccc4)c3)cc2)N1. The molecule has 1 saturated carbocycles. The number of H-pyrrole nitrogens is 2. The minimum absolute atomic E-state index is 0.0165. The summed E-state index contributed by atoms with van der Waals surface area (Å²) < 4.78 is 76.4. The zero-order chi connectivity index (χ0) is 102. The molecule has 9 aliphatic rings. The summed E-state index contributed by atoms with van der Waals surface area (Å²) in [6, 6.07) is 73.5. The maximum atomic E-state index is 13.8. The molecule has 25 rings (SSSR count). The van der Waals surface area contributed by atoms with Crippen LogP contribution in [0.4, 0.5) is 32.3 Å². The molecule has 0 bridgehead atoms. The van der Waals surface area contributed by atoms with Gasteiger partial charge in [-0.25, -0.2) is 44.7 Å². The Morgan fingerprint density at radius 3 is 1.23 bits per heavy atom. The fourth-order valence-corrected chi connectivity index (χ4v) is 21.7. The summed E-state index contributed by atoms with van der Waals surface area (Å²) >= 11 is 0. The number of rotatable bonds is 21. The van der Waals surface area contributed by atoms with Gasteiger partial charge in [0.05, 0.1) is 54.9 Å². The van der Waals surface area contributed by atoms with E-state index in [0.717, 1.165) is 83.0 Å². The second-order valence-corrected chi connectivity index (χ2v) is 39.4. The van der Waals surface area contributed by atoms with Crippen LogP contribution in [0.15, 0.2) is 297 Å². The number of aryl methyl sites for hydroxylation is 2. The summed E-state index contributed by atoms with van der Waals surface area (Å²) in [6.45, 7) is 3.32. The zero-order valence-corrected chi connectivity index (χ0v) is 79.1. The predicted molar refractivity (Wildman–Crippen MR) is 531 cm³/mol. The average molecular weight is 1990 g/mol. The highest BCUT2D eigenvalue weighted by atomic mass is 32.2. The number of hydrogen-bond acceptors (Lipinski definition) is 17. The van der Waals surface area contributed by atoms with Gasteiger partial charge in [0.1, 0.15) is 23.2 Å². The van der Waals surface area contributed by atoms with Crippen LogP contribution in [-0.4, -0.2) is 161 Å². The lowest BCUT2D eigenvalue weighted by atomic mass is 9.88. The predicted octanol–water partition coefficient (Wildman–Crippen LogP) is 14.0. The van der Waals surface area contributed by atoms with E-state index in [4.69, 9.17) is 4.74 Å². The molecule has 37 heteroatoms. The van der Waals surface area contributed by atoms with Crippen LogP contribution >= 0.6 is 0 Å². The molecule has 16 amide bonds. The summed E-state index contributed by atoms with van der Waals surface area (Å²) in [5, 5.41) is 34.4. The van der Waals surface area contributed by atoms with E-state index in [9.17, 15) is 79.1 Å². The first-order chi connectivity index (χ1) is 70.8. The van der Waals surface area contributed by atoms with Gasteiger partial charge in [-0.2, -0.15) is 10.2 Å². The molecule has 0 unspecified atom stereocenters. The van der Waals surface area contributed by atoms with Gasteiger partial charge in [-0.1, -0.05) is 170 Å². The van der Waals surface area contributed by atoms with Crippen LogP contribution in [0.2, 0.25) is 0 Å². The molecule has 4 aromatic heterocycles. The first-order valence-corrected chi connectivity index (χ1v) is 48.5. The van der Waals surface area contributed by atoms with Crippen molar-refractivity contribution in [3.8, 4) is 50.3 Å². The molecule has 4 atom stereocenters. The van der Waals surface area contributed by atoms with Crippen molar-refractivity contribution >= 4 is 114 Å². The first-order valence-electron chi connectivity index (χ1n) is 47.0. The fourth-order valence-electron chi connectivity index (χ4n) is 20.4. The van der Waals surface area contributed by atoms with Crippen molar-refractivity contribution in [2.24, 2.45) is 13.0 Å². The van der Waals surface area contributed by atoms with Gasteiger partial charge in [0.2, 0.25) is 0 Å². The van der Waals surface area contributed by atoms with E-state index in [-0.39, 0.29) is 85.1 Å². The number of nitrogens with one attached hydrogen (secondary N) is 10. The van der Waals surface area contributed by atoms with Gasteiger partial charge in [0.15, 0.2) is 22.2 Å². The molecule has 33 nitrogen and oxygen atoms in total. The molecular weight excluding hydrogens is 1900 g/mol. The fraction of sp³-hybridized carbons (Fsp3) is 0.164. The monoisotopic (exact) mass is 1990 g/mol. The highest BCUT2D eigenvalue weighted by Gasteiger charge is 2.55. The molecule has 5 fully saturated rings. The van der Waals surface area contributed by atoms with Gasteiger partial charge in [0, 0.05) is 113 Å². The van der Waals surface area contributed by atoms with Crippen LogP contribution in [0.3, 0.4) is 0 Å². The average Bonchev–Trinajstić information content (AvgIpc) is 1.60. The number of imide groups is 4. The molecule has 1 aliphatic carbocycles. The van der Waals surface area contributed by atoms with Gasteiger partial charge in [-0.15, -0.1) is 0 Å². The van der Waals surface area contributed by atoms with Crippen molar-refractivity contribution in [1.29, 1.82) is 0 Å². The van der Waals surface area contributed by atoms with E-state index in [1.807, 2.05) is 142 Å². The Morgan fingerprint density at radius 1 is 0.401 bits per heavy atom. The lowest BCUT2D eigenvalue weighted by Gasteiger charge is -2.31. The largest absolute Gasteiger partial charge is 0.493 e. The molecule has 10 N–H and O–H groups in total. The Labute approximate surface area is 834 Å². The van der Waals surface area contributed by atoms with Crippen LogP contribution in [0, 0.1) is 30.3 Å². The molecule has 0 spiro atoms. The Hall–Kier alpha value is -18.4. The Bertz CT molecular complexity index is 8380. The molecule has 8 aliphatic heterocycles. The third kappa shape index (κ3) is 17.1. The number of urea groups is 4. The number of aromatic amines is 2. The van der Waals surface area contributed by atoms with Gasteiger partial charge in [-0.3, -0.25) is 69.4 Å². The van der Waals surface area contributed by atoms with Crippen molar-refractivity contribution in [3.63, 3.8) is 0 Å². The van der Waals surface area contributed by atoms with Crippen molar-refractivity contribution in [2.45, 2.75) is 73.0 Å². The minimum Gasteiger partial charge on any atom is -0.493 e. The second kappa shape index (κ2) is 36.5. The molecule has 16 aromatic rings. The van der Waals surface area contributed by atoms with Crippen molar-refractivity contribution in [1.82, 2.24) is 91.1 Å². The molecule has 147 heavy (non-hydrogen) atoms. The van der Waals surface area contributed by atoms with E-state index >= 15 is 0 Å². The molecule has 4 saturated heterocycles. The van der Waals surface area contributed by atoms with E-state index < -0.39 is 103 Å². The van der Waals surface area contributed by atoms with E-state index in [1.165, 1.54) is 74.1 Å². The Kier molecular flexibility index (Phi) is 23.2. The van der Waals surface area contributed by atoms with Gasteiger partial charge in [-0.05, 0) is 201 Å². The summed E-state index contributed by atoms with van der Waals surface area (Å²) in [5.74, 6) is -3.74. The summed E-state index contributed by atoms with van der Waals surface area (Å²) in [4.78, 5) is 163. The Balaban J connectivity index is 0.000000112. The van der Waals surface area contributed by atoms with Crippen LogP contribution in [0.1, 0.15) is 104 Å².